The number of fused-ring (bicyclic) bond motifs is 2. The maximum Gasteiger partial charge on any atom is 0.257 e. The summed E-state index contributed by atoms with van der Waals surface area (Å²) in [6.45, 7) is 4.16. The molecule has 2 N–H and O–H groups in total. The number of carbonyl (C=O) groups is 1. The molecule has 0 unspecified atom stereocenters. The Kier molecular flexibility index (Phi) is 3.87. The van der Waals surface area contributed by atoms with E-state index in [2.05, 4.69) is 35.2 Å². The molecule has 2 aromatic heterocycles. The maximum atomic E-state index is 12.8. The number of imidazole rings is 1. The van der Waals surface area contributed by atoms with Gasteiger partial charge in [-0.15, -0.1) is 0 Å². The third-order valence-corrected chi connectivity index (χ3v) is 5.02. The fraction of sp³-hybridized carbons (Fsp3) is 0.174. The molecule has 144 valence electrons. The molecular formula is C23H20N4O2. The van der Waals surface area contributed by atoms with Gasteiger partial charge in [0, 0.05) is 12.6 Å². The van der Waals surface area contributed by atoms with E-state index in [1.165, 1.54) is 5.56 Å². The third kappa shape index (κ3) is 3.12. The lowest BCUT2D eigenvalue weighted by Crippen LogP contribution is -2.24. The number of benzene rings is 2. The van der Waals surface area contributed by atoms with Gasteiger partial charge in [-0.3, -0.25) is 9.78 Å². The van der Waals surface area contributed by atoms with Crippen molar-refractivity contribution in [1.29, 1.82) is 0 Å². The topological polar surface area (TPSA) is 79.9 Å². The van der Waals surface area contributed by atoms with Crippen LogP contribution in [0.5, 0.6) is 5.75 Å². The van der Waals surface area contributed by atoms with Crippen LogP contribution in [0.2, 0.25) is 0 Å². The highest BCUT2D eigenvalue weighted by molar-refractivity contribution is 6.11. The van der Waals surface area contributed by atoms with Crippen LogP contribution in [-0.2, 0) is 6.42 Å². The van der Waals surface area contributed by atoms with Crippen molar-refractivity contribution in [2.75, 3.05) is 5.32 Å². The minimum Gasteiger partial charge on any atom is -0.486 e. The minimum absolute atomic E-state index is 0.225. The third-order valence-electron chi connectivity index (χ3n) is 5.02. The van der Waals surface area contributed by atoms with Gasteiger partial charge in [0.25, 0.3) is 5.91 Å². The number of aromatic amines is 1. The summed E-state index contributed by atoms with van der Waals surface area (Å²) < 4.78 is 6.19. The van der Waals surface area contributed by atoms with E-state index in [9.17, 15) is 4.79 Å². The number of H-pyrrole nitrogens is 1. The summed E-state index contributed by atoms with van der Waals surface area (Å²) in [4.78, 5) is 25.0. The minimum atomic E-state index is -0.237. The second kappa shape index (κ2) is 6.44. The Morgan fingerprint density at radius 3 is 2.83 bits per heavy atom. The average Bonchev–Trinajstić information content (AvgIpc) is 3.27. The summed E-state index contributed by atoms with van der Waals surface area (Å²) in [7, 11) is 0. The van der Waals surface area contributed by atoms with Crippen molar-refractivity contribution in [1.82, 2.24) is 15.0 Å². The number of nitrogens with one attached hydrogen (secondary N) is 2. The van der Waals surface area contributed by atoms with Crippen LogP contribution in [0, 0.1) is 0 Å². The highest BCUT2D eigenvalue weighted by Crippen LogP contribution is 2.41. The Hall–Kier alpha value is -3.67. The van der Waals surface area contributed by atoms with Gasteiger partial charge in [0.1, 0.15) is 22.7 Å². The molecule has 0 radical (unpaired) electrons. The number of amides is 1. The summed E-state index contributed by atoms with van der Waals surface area (Å²) in [6, 6.07) is 15.2. The number of anilines is 1. The van der Waals surface area contributed by atoms with Crippen molar-refractivity contribution in [3.8, 4) is 17.1 Å². The highest BCUT2D eigenvalue weighted by atomic mass is 16.5. The number of nitrogens with zero attached hydrogens (tertiary/aromatic N) is 2. The SMILES string of the molecule is CC1(C)Cc2cccc(-c3nc4c(C(=O)Nc5cccnc5)cccc4[nH]3)c2O1. The number of rotatable bonds is 3. The molecule has 2 aromatic carbocycles. The molecule has 5 rings (SSSR count). The van der Waals surface area contributed by atoms with Gasteiger partial charge in [-0.05, 0) is 49.7 Å². The van der Waals surface area contributed by atoms with E-state index in [1.807, 2.05) is 24.3 Å². The monoisotopic (exact) mass is 384 g/mol. The first kappa shape index (κ1) is 17.4. The molecule has 6 heteroatoms. The van der Waals surface area contributed by atoms with Crippen LogP contribution in [0.25, 0.3) is 22.4 Å². The van der Waals surface area contributed by atoms with Crippen molar-refractivity contribution in [3.05, 3.63) is 72.1 Å². The van der Waals surface area contributed by atoms with Gasteiger partial charge >= 0.3 is 0 Å². The van der Waals surface area contributed by atoms with Crippen LogP contribution in [0.4, 0.5) is 5.69 Å². The molecule has 3 heterocycles. The highest BCUT2D eigenvalue weighted by Gasteiger charge is 2.32. The van der Waals surface area contributed by atoms with Gasteiger partial charge in [-0.1, -0.05) is 18.2 Å². The number of hydrogen-bond donors (Lipinski definition) is 2. The zero-order valence-electron chi connectivity index (χ0n) is 16.2. The molecule has 1 aliphatic rings. The molecule has 0 spiro atoms. The van der Waals surface area contributed by atoms with Crippen molar-refractivity contribution < 1.29 is 9.53 Å². The molecule has 1 aliphatic heterocycles. The van der Waals surface area contributed by atoms with Gasteiger partial charge < -0.3 is 15.0 Å². The van der Waals surface area contributed by atoms with Crippen LogP contribution in [0.15, 0.2) is 60.9 Å². The van der Waals surface area contributed by atoms with Crippen molar-refractivity contribution in [2.45, 2.75) is 25.9 Å². The Morgan fingerprint density at radius 2 is 2.00 bits per heavy atom. The zero-order valence-corrected chi connectivity index (χ0v) is 16.2. The van der Waals surface area contributed by atoms with Crippen LogP contribution in [0.1, 0.15) is 29.8 Å². The van der Waals surface area contributed by atoms with E-state index in [0.717, 1.165) is 23.3 Å². The predicted octanol–water partition coefficient (Wildman–Crippen LogP) is 4.59. The van der Waals surface area contributed by atoms with Gasteiger partial charge in [-0.2, -0.15) is 0 Å². The Balaban J connectivity index is 1.56. The molecule has 0 saturated heterocycles. The lowest BCUT2D eigenvalue weighted by atomic mass is 10.0. The quantitative estimate of drug-likeness (QED) is 0.541. The molecule has 0 aliphatic carbocycles. The second-order valence-electron chi connectivity index (χ2n) is 7.82. The zero-order chi connectivity index (χ0) is 20.0. The van der Waals surface area contributed by atoms with E-state index < -0.39 is 0 Å². The van der Waals surface area contributed by atoms with Crippen molar-refractivity contribution >= 4 is 22.6 Å². The Morgan fingerprint density at radius 1 is 1.14 bits per heavy atom. The lowest BCUT2D eigenvalue weighted by Gasteiger charge is -2.17. The summed E-state index contributed by atoms with van der Waals surface area (Å²) in [5.41, 5.74) is 4.40. The molecule has 0 fully saturated rings. The molecule has 1 amide bonds. The van der Waals surface area contributed by atoms with E-state index in [4.69, 9.17) is 9.72 Å². The van der Waals surface area contributed by atoms with Crippen molar-refractivity contribution in [3.63, 3.8) is 0 Å². The maximum absolute atomic E-state index is 12.8. The molecular weight excluding hydrogens is 364 g/mol. The van der Waals surface area contributed by atoms with Gasteiger partial charge in [0.05, 0.1) is 28.5 Å². The number of para-hydroxylation sites is 2. The molecule has 29 heavy (non-hydrogen) atoms. The smallest absolute Gasteiger partial charge is 0.257 e. The first-order valence-corrected chi connectivity index (χ1v) is 9.52. The predicted molar refractivity (Wildman–Crippen MR) is 112 cm³/mol. The second-order valence-corrected chi connectivity index (χ2v) is 7.82. The van der Waals surface area contributed by atoms with Crippen LogP contribution in [0.3, 0.4) is 0 Å². The number of carbonyl (C=O) groups excluding carboxylic acids is 1. The Bertz CT molecular complexity index is 1230. The summed E-state index contributed by atoms with van der Waals surface area (Å²) in [6.07, 6.45) is 4.13. The van der Waals surface area contributed by atoms with Crippen molar-refractivity contribution in [2.24, 2.45) is 0 Å². The molecule has 0 bridgehead atoms. The Labute approximate surface area is 168 Å². The van der Waals surface area contributed by atoms with Crippen LogP contribution in [-0.4, -0.2) is 26.5 Å². The first-order valence-electron chi connectivity index (χ1n) is 9.52. The number of aromatic nitrogens is 3. The average molecular weight is 384 g/mol. The number of ether oxygens (including phenoxy) is 1. The summed E-state index contributed by atoms with van der Waals surface area (Å²) in [5.74, 6) is 1.33. The fourth-order valence-corrected chi connectivity index (χ4v) is 3.78. The van der Waals surface area contributed by atoms with Gasteiger partial charge in [0.15, 0.2) is 0 Å². The van der Waals surface area contributed by atoms with Gasteiger partial charge in [-0.25, -0.2) is 4.98 Å². The lowest BCUT2D eigenvalue weighted by molar-refractivity contribution is 0.102. The van der Waals surface area contributed by atoms with Crippen LogP contribution < -0.4 is 10.1 Å². The summed E-state index contributed by atoms with van der Waals surface area (Å²) >= 11 is 0. The van der Waals surface area contributed by atoms with E-state index >= 15 is 0 Å². The normalized spacial score (nSPS) is 14.4. The summed E-state index contributed by atoms with van der Waals surface area (Å²) in [5, 5.41) is 2.87. The molecule has 4 aromatic rings. The number of pyridine rings is 1. The van der Waals surface area contributed by atoms with Gasteiger partial charge in [0.2, 0.25) is 0 Å². The first-order chi connectivity index (χ1) is 14.0. The van der Waals surface area contributed by atoms with E-state index in [1.54, 1.807) is 30.6 Å². The standard InChI is InChI=1S/C23H20N4O2/c1-23(2)12-14-6-3-9-17(20(14)29-23)21-26-18-10-4-8-16(19(18)27-21)22(28)25-15-7-5-11-24-13-15/h3-11,13H,12H2,1-2H3,(H,25,28)(H,26,27). The fourth-order valence-electron chi connectivity index (χ4n) is 3.78. The molecule has 0 atom stereocenters. The van der Waals surface area contributed by atoms with Crippen LogP contribution >= 0.6 is 0 Å². The largest absolute Gasteiger partial charge is 0.486 e. The van der Waals surface area contributed by atoms with E-state index in [-0.39, 0.29) is 11.5 Å². The number of hydrogen-bond acceptors (Lipinski definition) is 4. The molecule has 0 saturated carbocycles. The van der Waals surface area contributed by atoms with E-state index in [0.29, 0.717) is 22.6 Å². The molecule has 6 nitrogen and oxygen atoms in total.